The molecule has 0 aromatic heterocycles. The fourth-order valence-corrected chi connectivity index (χ4v) is 0.575. The zero-order chi connectivity index (χ0) is 5.82. The summed E-state index contributed by atoms with van der Waals surface area (Å²) < 4.78 is 0. The lowest BCUT2D eigenvalue weighted by atomic mass is 10.5. The van der Waals surface area contributed by atoms with E-state index in [4.69, 9.17) is 0 Å². The monoisotopic (exact) mass is 114 g/mol. The predicted molar refractivity (Wildman–Crippen MR) is 31.8 cm³/mol. The Labute approximate surface area is 48.5 Å². The molecule has 0 spiro atoms. The highest BCUT2D eigenvalue weighted by Crippen LogP contribution is 1.83. The molecule has 1 aliphatic heterocycles. The van der Waals surface area contributed by atoms with E-state index in [1.54, 1.807) is 6.34 Å². The van der Waals surface area contributed by atoms with Crippen LogP contribution < -0.4 is 11.1 Å². The smallest absolute Gasteiger partial charge is 0.128 e. The Morgan fingerprint density at radius 3 is 3.12 bits per heavy atom. The molecule has 1 heterocycles. The van der Waals surface area contributed by atoms with Crippen LogP contribution in [0.1, 0.15) is 13.3 Å². The highest BCUT2D eigenvalue weighted by atomic mass is 15.8. The molecule has 0 saturated carbocycles. The summed E-state index contributed by atoms with van der Waals surface area (Å²) in [4.78, 5) is 0. The molecule has 0 fully saturated rings. The van der Waals surface area contributed by atoms with Gasteiger partial charge in [-0.15, -0.1) is 5.53 Å². The van der Waals surface area contributed by atoms with E-state index in [1.165, 1.54) is 0 Å². The van der Waals surface area contributed by atoms with Crippen LogP contribution in [0.2, 0.25) is 0 Å². The molecule has 46 valence electrons. The number of hydrazone groups is 1. The Balaban J connectivity index is 2.16. The molecule has 1 aliphatic rings. The molecule has 0 aromatic rings. The van der Waals surface area contributed by atoms with Crippen LogP contribution in [0.15, 0.2) is 5.10 Å². The number of hydrogen-bond donors (Lipinski definition) is 2. The van der Waals surface area contributed by atoms with Gasteiger partial charge in [-0.3, -0.25) is 5.01 Å². The lowest BCUT2D eigenvalue weighted by molar-refractivity contribution is 0.301. The van der Waals surface area contributed by atoms with Gasteiger partial charge < -0.3 is 0 Å². The van der Waals surface area contributed by atoms with Gasteiger partial charge in [0.05, 0.1) is 0 Å². The third-order valence-corrected chi connectivity index (χ3v) is 0.920. The van der Waals surface area contributed by atoms with Crippen molar-refractivity contribution in [1.29, 1.82) is 0 Å². The summed E-state index contributed by atoms with van der Waals surface area (Å²) in [7, 11) is 0. The standard InChI is InChI=1S/C4H10N4/c1-2-3-8-4-5-6-7-8/h4,6-7H,2-3H2,1H3. The summed E-state index contributed by atoms with van der Waals surface area (Å²) in [5, 5.41) is 5.61. The van der Waals surface area contributed by atoms with Crippen molar-refractivity contribution in [3.63, 3.8) is 0 Å². The van der Waals surface area contributed by atoms with E-state index in [0.717, 1.165) is 13.0 Å². The van der Waals surface area contributed by atoms with Gasteiger partial charge in [-0.1, -0.05) is 6.92 Å². The van der Waals surface area contributed by atoms with Gasteiger partial charge in [0, 0.05) is 6.54 Å². The highest BCUT2D eigenvalue weighted by Gasteiger charge is 1.98. The van der Waals surface area contributed by atoms with Crippen LogP contribution in [0, 0.1) is 0 Å². The van der Waals surface area contributed by atoms with E-state index < -0.39 is 0 Å². The van der Waals surface area contributed by atoms with Crippen LogP contribution in [0.25, 0.3) is 0 Å². The molecule has 8 heavy (non-hydrogen) atoms. The van der Waals surface area contributed by atoms with Gasteiger partial charge in [-0.2, -0.15) is 5.10 Å². The first-order chi connectivity index (χ1) is 3.93. The first-order valence-corrected chi connectivity index (χ1v) is 2.74. The molecule has 0 saturated heterocycles. The maximum atomic E-state index is 3.72. The van der Waals surface area contributed by atoms with Crippen molar-refractivity contribution in [2.24, 2.45) is 5.10 Å². The predicted octanol–water partition coefficient (Wildman–Crippen LogP) is -0.336. The van der Waals surface area contributed by atoms with Crippen LogP contribution in [-0.4, -0.2) is 17.9 Å². The maximum Gasteiger partial charge on any atom is 0.128 e. The van der Waals surface area contributed by atoms with Crippen LogP contribution in [-0.2, 0) is 0 Å². The van der Waals surface area contributed by atoms with Crippen molar-refractivity contribution in [2.75, 3.05) is 6.54 Å². The van der Waals surface area contributed by atoms with Crippen molar-refractivity contribution < 1.29 is 0 Å². The van der Waals surface area contributed by atoms with Crippen molar-refractivity contribution in [2.45, 2.75) is 13.3 Å². The number of hydrogen-bond acceptors (Lipinski definition) is 4. The Bertz CT molecular complexity index is 90.0. The molecule has 4 heteroatoms. The van der Waals surface area contributed by atoms with E-state index in [-0.39, 0.29) is 0 Å². The van der Waals surface area contributed by atoms with Gasteiger partial charge in [0.1, 0.15) is 6.34 Å². The summed E-state index contributed by atoms with van der Waals surface area (Å²) in [5.74, 6) is 0. The third kappa shape index (κ3) is 1.10. The number of rotatable bonds is 2. The molecular weight excluding hydrogens is 104 g/mol. The first-order valence-electron chi connectivity index (χ1n) is 2.74. The Kier molecular flexibility index (Phi) is 1.69. The van der Waals surface area contributed by atoms with Crippen LogP contribution >= 0.6 is 0 Å². The Morgan fingerprint density at radius 2 is 2.62 bits per heavy atom. The topological polar surface area (TPSA) is 39.7 Å². The van der Waals surface area contributed by atoms with Gasteiger partial charge in [0.25, 0.3) is 0 Å². The average molecular weight is 114 g/mol. The van der Waals surface area contributed by atoms with Gasteiger partial charge >= 0.3 is 0 Å². The quantitative estimate of drug-likeness (QED) is 0.516. The summed E-state index contributed by atoms with van der Waals surface area (Å²) in [6.45, 7) is 3.12. The fraction of sp³-hybridized carbons (Fsp3) is 0.750. The normalized spacial score (nSPS) is 16.9. The molecule has 0 unspecified atom stereocenters. The number of hydrazine groups is 2. The van der Waals surface area contributed by atoms with Gasteiger partial charge in [0.2, 0.25) is 0 Å². The third-order valence-electron chi connectivity index (χ3n) is 0.920. The van der Waals surface area contributed by atoms with Crippen molar-refractivity contribution in [3.8, 4) is 0 Å². The maximum absolute atomic E-state index is 3.72. The number of nitrogens with zero attached hydrogens (tertiary/aromatic N) is 2. The van der Waals surface area contributed by atoms with Crippen LogP contribution in [0.3, 0.4) is 0 Å². The second-order valence-corrected chi connectivity index (χ2v) is 1.66. The van der Waals surface area contributed by atoms with E-state index in [1.807, 2.05) is 5.01 Å². The number of nitrogens with one attached hydrogen (secondary N) is 2. The highest BCUT2D eigenvalue weighted by molar-refractivity contribution is 5.54. The largest absolute Gasteiger partial charge is 0.278 e. The molecule has 0 bridgehead atoms. The summed E-state index contributed by atoms with van der Waals surface area (Å²) >= 11 is 0. The summed E-state index contributed by atoms with van der Waals surface area (Å²) in [6.07, 6.45) is 2.85. The molecule has 2 N–H and O–H groups in total. The minimum atomic E-state index is 0.997. The molecule has 0 amide bonds. The Hall–Kier alpha value is -0.770. The average Bonchev–Trinajstić information content (AvgIpc) is 2.19. The SMILES string of the molecule is CCCN1C=NNN1. The molecule has 0 aliphatic carbocycles. The molecule has 0 aromatic carbocycles. The van der Waals surface area contributed by atoms with E-state index in [2.05, 4.69) is 23.1 Å². The lowest BCUT2D eigenvalue weighted by Crippen LogP contribution is -2.37. The van der Waals surface area contributed by atoms with Crippen LogP contribution in [0.4, 0.5) is 0 Å². The molecule has 0 atom stereocenters. The lowest BCUT2D eigenvalue weighted by Gasteiger charge is -2.10. The summed E-state index contributed by atoms with van der Waals surface area (Å²) in [5.41, 5.74) is 5.42. The second kappa shape index (κ2) is 2.52. The molecular formula is C4H10N4. The van der Waals surface area contributed by atoms with Crippen LogP contribution in [0.5, 0.6) is 0 Å². The van der Waals surface area contributed by atoms with Gasteiger partial charge in [0.15, 0.2) is 0 Å². The zero-order valence-electron chi connectivity index (χ0n) is 4.89. The van der Waals surface area contributed by atoms with E-state index >= 15 is 0 Å². The molecule has 0 radical (unpaired) electrons. The van der Waals surface area contributed by atoms with Gasteiger partial charge in [-0.25, -0.2) is 5.53 Å². The minimum absolute atomic E-state index is 0.997. The fourth-order valence-electron chi connectivity index (χ4n) is 0.575. The van der Waals surface area contributed by atoms with E-state index in [0.29, 0.717) is 0 Å². The van der Waals surface area contributed by atoms with Crippen molar-refractivity contribution >= 4 is 6.34 Å². The minimum Gasteiger partial charge on any atom is -0.278 e. The van der Waals surface area contributed by atoms with E-state index in [9.17, 15) is 0 Å². The van der Waals surface area contributed by atoms with Gasteiger partial charge in [-0.05, 0) is 6.42 Å². The molecule has 4 nitrogen and oxygen atoms in total. The zero-order valence-corrected chi connectivity index (χ0v) is 4.89. The second-order valence-electron chi connectivity index (χ2n) is 1.66. The van der Waals surface area contributed by atoms with Crippen molar-refractivity contribution in [1.82, 2.24) is 16.1 Å². The first kappa shape index (κ1) is 5.37. The summed E-state index contributed by atoms with van der Waals surface area (Å²) in [6, 6.07) is 0. The Morgan fingerprint density at radius 1 is 1.75 bits per heavy atom. The molecule has 1 rings (SSSR count). The van der Waals surface area contributed by atoms with Crippen molar-refractivity contribution in [3.05, 3.63) is 0 Å².